The maximum absolute atomic E-state index is 10.3. The van der Waals surface area contributed by atoms with Crippen molar-refractivity contribution >= 4 is 71.1 Å². The summed E-state index contributed by atoms with van der Waals surface area (Å²) >= 11 is 0. The molecule has 0 saturated heterocycles. The van der Waals surface area contributed by atoms with Crippen molar-refractivity contribution in [2.75, 3.05) is 0 Å². The first-order chi connectivity index (χ1) is 4.20. The summed E-state index contributed by atoms with van der Waals surface area (Å²) in [7, 11) is 0. The van der Waals surface area contributed by atoms with Gasteiger partial charge in [0.1, 0.15) is 0 Å². The summed E-state index contributed by atoms with van der Waals surface area (Å²) in [5.74, 6) is -0.913. The Kier molecular flexibility index (Phi) is 18.3. The Hall–Kier alpha value is 1.14. The first-order valence-electron chi connectivity index (χ1n) is 2.94. The average Bonchev–Trinajstić information content (AvgIpc) is 1.87. The predicted molar refractivity (Wildman–Crippen MR) is 46.0 cm³/mol. The Bertz CT molecular complexity index is 111. The van der Waals surface area contributed by atoms with Gasteiger partial charge in [-0.05, 0) is 0 Å². The van der Waals surface area contributed by atoms with Crippen molar-refractivity contribution in [2.24, 2.45) is 0 Å². The molecule has 0 spiro atoms. The molecule has 0 unspecified atom stereocenters. The zero-order valence-electron chi connectivity index (χ0n) is 5.64. The molecule has 0 saturated carbocycles. The molecule has 0 aromatic carbocycles. The van der Waals surface area contributed by atoms with Crippen LogP contribution in [0, 0.1) is 0 Å². The molecule has 0 bridgehead atoms. The Morgan fingerprint density at radius 2 is 1.27 bits per heavy atom. The number of esters is 2. The SMILES string of the molecule is CCC(=O)OC(=O)CC.[NaH].[NaH]. The molecule has 56 valence electrons. The van der Waals surface area contributed by atoms with E-state index in [9.17, 15) is 9.59 Å². The van der Waals surface area contributed by atoms with Gasteiger partial charge in [-0.1, -0.05) is 13.8 Å². The minimum atomic E-state index is -0.457. The van der Waals surface area contributed by atoms with Crippen LogP contribution in [0.5, 0.6) is 0 Å². The van der Waals surface area contributed by atoms with Gasteiger partial charge in [0.2, 0.25) is 0 Å². The van der Waals surface area contributed by atoms with E-state index in [0.29, 0.717) is 0 Å². The number of hydrogen-bond acceptors (Lipinski definition) is 3. The van der Waals surface area contributed by atoms with Gasteiger partial charge >= 0.3 is 71.1 Å². The van der Waals surface area contributed by atoms with Crippen LogP contribution in [0.2, 0.25) is 0 Å². The van der Waals surface area contributed by atoms with Crippen molar-refractivity contribution in [3.8, 4) is 0 Å². The second kappa shape index (κ2) is 11.1. The topological polar surface area (TPSA) is 43.4 Å². The Labute approximate surface area is 111 Å². The molecular weight excluding hydrogens is 166 g/mol. The van der Waals surface area contributed by atoms with Gasteiger partial charge in [0.05, 0.1) is 0 Å². The normalized spacial score (nSPS) is 7.09. The molecule has 0 aromatic heterocycles. The van der Waals surface area contributed by atoms with Gasteiger partial charge in [-0.25, -0.2) is 0 Å². The summed E-state index contributed by atoms with van der Waals surface area (Å²) in [6.45, 7) is 3.29. The molecule has 0 heterocycles. The molecule has 0 aliphatic heterocycles. The van der Waals surface area contributed by atoms with Crippen LogP contribution in [0.15, 0.2) is 0 Å². The maximum atomic E-state index is 10.3. The van der Waals surface area contributed by atoms with Crippen molar-refractivity contribution in [3.05, 3.63) is 0 Å². The van der Waals surface area contributed by atoms with Crippen LogP contribution in [0.1, 0.15) is 26.7 Å². The number of carbonyl (C=O) groups is 2. The van der Waals surface area contributed by atoms with Crippen LogP contribution in [0.4, 0.5) is 0 Å². The summed E-state index contributed by atoms with van der Waals surface area (Å²) in [6.07, 6.45) is 0.511. The van der Waals surface area contributed by atoms with Crippen LogP contribution < -0.4 is 0 Å². The third kappa shape index (κ3) is 11.1. The molecule has 0 aliphatic carbocycles. The van der Waals surface area contributed by atoms with Gasteiger partial charge < -0.3 is 4.74 Å². The summed E-state index contributed by atoms with van der Waals surface area (Å²) in [6, 6.07) is 0. The van der Waals surface area contributed by atoms with E-state index in [0.717, 1.165) is 0 Å². The fraction of sp³-hybridized carbons (Fsp3) is 0.667. The Balaban J connectivity index is -0.000000320. The van der Waals surface area contributed by atoms with E-state index in [1.807, 2.05) is 0 Å². The quantitative estimate of drug-likeness (QED) is 0.327. The number of ether oxygens (including phenoxy) is 1. The molecule has 0 atom stereocenters. The van der Waals surface area contributed by atoms with Crippen molar-refractivity contribution in [1.82, 2.24) is 0 Å². The molecular formula is C6H12Na2O3. The van der Waals surface area contributed by atoms with E-state index >= 15 is 0 Å². The fourth-order valence-electron chi connectivity index (χ4n) is 0.271. The summed E-state index contributed by atoms with van der Waals surface area (Å²) < 4.78 is 4.27. The molecule has 3 nitrogen and oxygen atoms in total. The standard InChI is InChI=1S/C6H10O3.2Na.2H/c1-3-5(7)9-6(8)4-2;;;;/h3-4H2,1-2H3;;;;. The van der Waals surface area contributed by atoms with Crippen LogP contribution in [-0.2, 0) is 14.3 Å². The first-order valence-corrected chi connectivity index (χ1v) is 2.94. The minimum absolute atomic E-state index is 0. The van der Waals surface area contributed by atoms with Crippen LogP contribution >= 0.6 is 0 Å². The third-order valence-electron chi connectivity index (χ3n) is 0.805. The molecule has 0 amide bonds. The van der Waals surface area contributed by atoms with E-state index in [1.165, 1.54) is 0 Å². The molecule has 0 N–H and O–H groups in total. The average molecular weight is 178 g/mol. The number of rotatable bonds is 2. The van der Waals surface area contributed by atoms with E-state index in [4.69, 9.17) is 0 Å². The van der Waals surface area contributed by atoms with Crippen LogP contribution in [0.25, 0.3) is 0 Å². The molecule has 5 heteroatoms. The summed E-state index contributed by atoms with van der Waals surface area (Å²) in [5, 5.41) is 0. The van der Waals surface area contributed by atoms with E-state index < -0.39 is 11.9 Å². The van der Waals surface area contributed by atoms with Crippen LogP contribution in [0.3, 0.4) is 0 Å². The summed E-state index contributed by atoms with van der Waals surface area (Å²) in [4.78, 5) is 20.7. The fourth-order valence-corrected chi connectivity index (χ4v) is 0.271. The van der Waals surface area contributed by atoms with Crippen molar-refractivity contribution in [1.29, 1.82) is 0 Å². The Morgan fingerprint density at radius 3 is 1.45 bits per heavy atom. The van der Waals surface area contributed by atoms with Crippen molar-refractivity contribution in [3.63, 3.8) is 0 Å². The van der Waals surface area contributed by atoms with E-state index in [-0.39, 0.29) is 72.0 Å². The Morgan fingerprint density at radius 1 is 1.00 bits per heavy atom. The van der Waals surface area contributed by atoms with Crippen LogP contribution in [-0.4, -0.2) is 71.1 Å². The van der Waals surface area contributed by atoms with Gasteiger partial charge in [0.25, 0.3) is 0 Å². The molecule has 11 heavy (non-hydrogen) atoms. The van der Waals surface area contributed by atoms with Gasteiger partial charge in [-0.2, -0.15) is 0 Å². The second-order valence-corrected chi connectivity index (χ2v) is 1.55. The van der Waals surface area contributed by atoms with Gasteiger partial charge in [-0.15, -0.1) is 0 Å². The van der Waals surface area contributed by atoms with Crippen molar-refractivity contribution < 1.29 is 14.3 Å². The zero-order chi connectivity index (χ0) is 7.28. The monoisotopic (exact) mass is 178 g/mol. The number of hydrogen-bond donors (Lipinski definition) is 0. The summed E-state index contributed by atoms with van der Waals surface area (Å²) in [5.41, 5.74) is 0. The molecule has 0 rings (SSSR count). The molecule has 0 fully saturated rings. The van der Waals surface area contributed by atoms with E-state index in [2.05, 4.69) is 4.74 Å². The zero-order valence-corrected chi connectivity index (χ0v) is 5.64. The number of carbonyl (C=O) groups excluding carboxylic acids is 2. The molecule has 0 aliphatic rings. The second-order valence-electron chi connectivity index (χ2n) is 1.55. The van der Waals surface area contributed by atoms with Crippen molar-refractivity contribution in [2.45, 2.75) is 26.7 Å². The van der Waals surface area contributed by atoms with Gasteiger partial charge in [-0.3, -0.25) is 9.59 Å². The third-order valence-corrected chi connectivity index (χ3v) is 0.805. The predicted octanol–water partition coefficient (Wildman–Crippen LogP) is -0.421. The van der Waals surface area contributed by atoms with Gasteiger partial charge in [0.15, 0.2) is 0 Å². The molecule has 0 radical (unpaired) electrons. The first kappa shape index (κ1) is 18.0. The van der Waals surface area contributed by atoms with Gasteiger partial charge in [0, 0.05) is 12.8 Å². The van der Waals surface area contributed by atoms with E-state index in [1.54, 1.807) is 13.8 Å². The molecule has 0 aromatic rings.